The number of rotatable bonds is 3. The molecule has 0 aliphatic carbocycles. The molecule has 0 aromatic carbocycles. The van der Waals surface area contributed by atoms with Crippen molar-refractivity contribution in [2.24, 2.45) is 0 Å². The third kappa shape index (κ3) is 17.9. The van der Waals surface area contributed by atoms with E-state index < -0.39 is 13.4 Å². The lowest BCUT2D eigenvalue weighted by molar-refractivity contribution is -0.158. The molecule has 8 N–H and O–H groups in total. The van der Waals surface area contributed by atoms with Gasteiger partial charge in [0.2, 0.25) is 0 Å². The summed E-state index contributed by atoms with van der Waals surface area (Å²) in [6.07, 6.45) is 0.601. The van der Waals surface area contributed by atoms with Crippen LogP contribution >= 0.6 is 7.82 Å². The fourth-order valence-corrected chi connectivity index (χ4v) is 0.112. The lowest BCUT2D eigenvalue weighted by Gasteiger charge is -2.16. The highest BCUT2D eigenvalue weighted by Crippen LogP contribution is 2.33. The van der Waals surface area contributed by atoms with Crippen LogP contribution in [0.15, 0.2) is 0 Å². The summed E-state index contributed by atoms with van der Waals surface area (Å²) < 4.78 is 11.8. The Balaban J connectivity index is -0.000000163. The second-order valence-corrected chi connectivity index (χ2v) is 3.73. The summed E-state index contributed by atoms with van der Waals surface area (Å²) in [5, 5.41) is 24.4. The van der Waals surface area contributed by atoms with Gasteiger partial charge >= 0.3 is 7.82 Å². The van der Waals surface area contributed by atoms with E-state index in [9.17, 15) is 4.57 Å². The van der Waals surface area contributed by atoms with Crippen molar-refractivity contribution in [3.05, 3.63) is 0 Å². The molecule has 8 nitrogen and oxygen atoms in total. The molecule has 0 aromatic heterocycles. The van der Waals surface area contributed by atoms with Crippen LogP contribution in [0, 0.1) is 0 Å². The smallest absolute Gasteiger partial charge is 0.393 e. The number of aliphatic hydroxyl groups is 2. The second-order valence-electron chi connectivity index (χ2n) is 2.58. The first-order chi connectivity index (χ1) is 5.68. The summed E-state index contributed by atoms with van der Waals surface area (Å²) in [4.78, 5) is 14.9. The van der Waals surface area contributed by atoms with Crippen molar-refractivity contribution in [1.29, 1.82) is 0 Å². The van der Waals surface area contributed by atoms with E-state index in [-0.39, 0.29) is 12.8 Å². The van der Waals surface area contributed by atoms with Gasteiger partial charge in [0.1, 0.15) is 0 Å². The highest BCUT2D eigenvalue weighted by atomic mass is 31.2. The van der Waals surface area contributed by atoms with Gasteiger partial charge < -0.3 is 26.2 Å². The molecule has 0 aromatic rings. The third-order valence-corrected chi connectivity index (χ3v) is 1.42. The van der Waals surface area contributed by atoms with Crippen molar-refractivity contribution in [3.63, 3.8) is 0 Å². The Morgan fingerprint density at radius 1 is 1.43 bits per heavy atom. The third-order valence-electron chi connectivity index (χ3n) is 1.21. The van der Waals surface area contributed by atoms with E-state index in [1.54, 1.807) is 6.92 Å². The van der Waals surface area contributed by atoms with Crippen molar-refractivity contribution >= 4 is 7.82 Å². The summed E-state index contributed by atoms with van der Waals surface area (Å²) >= 11 is 0. The molecule has 90 valence electrons. The van der Waals surface area contributed by atoms with E-state index in [1.807, 2.05) is 6.92 Å². The van der Waals surface area contributed by atoms with Crippen LogP contribution in [0.1, 0.15) is 20.3 Å². The molecule has 1 atom stereocenters. The van der Waals surface area contributed by atoms with Crippen molar-refractivity contribution in [2.75, 3.05) is 6.61 Å². The summed E-state index contributed by atoms with van der Waals surface area (Å²) in [7, 11) is -4.59. The summed E-state index contributed by atoms with van der Waals surface area (Å²) in [6.45, 7) is 3.28. The zero-order valence-electron chi connectivity index (χ0n) is 8.12. The zero-order valence-corrected chi connectivity index (χ0v) is 9.02. The summed E-state index contributed by atoms with van der Waals surface area (Å²) in [5.74, 6) is 0. The molecule has 0 fully saturated rings. The van der Waals surface area contributed by atoms with Crippen molar-refractivity contribution < 1.29 is 34.5 Å². The zero-order chi connectivity index (χ0) is 11.1. The Kier molecular flexibility index (Phi) is 11.5. The fraction of sp³-hybridized carbons (Fsp3) is 1.00. The molecule has 9 heteroatoms. The number of aliphatic hydroxyl groups excluding tert-OH is 1. The largest absolute Gasteiger partial charge is 0.496 e. The lowest BCUT2D eigenvalue weighted by atomic mass is 10.1. The molecule has 1 unspecified atom stereocenters. The molecule has 0 bridgehead atoms. The molecular weight excluding hydrogens is 217 g/mol. The van der Waals surface area contributed by atoms with Gasteiger partial charge in [-0.3, -0.25) is 0 Å². The molecule has 0 heterocycles. The van der Waals surface area contributed by atoms with Gasteiger partial charge in [-0.05, 0) is 13.3 Å². The Labute approximate surface area is 81.9 Å². The average molecular weight is 235 g/mol. The van der Waals surface area contributed by atoms with Crippen LogP contribution in [0.4, 0.5) is 0 Å². The van der Waals surface area contributed by atoms with Crippen LogP contribution in [-0.4, -0.2) is 37.5 Å². The highest BCUT2D eigenvalue weighted by Gasteiger charge is 2.14. The average Bonchev–Trinajstić information content (AvgIpc) is 2.04. The van der Waals surface area contributed by atoms with Crippen molar-refractivity contribution in [3.8, 4) is 0 Å². The topological polar surface area (TPSA) is 162 Å². The predicted octanol–water partition coefficient (Wildman–Crippen LogP) is -0.130. The molecule has 0 aliphatic heterocycles. The monoisotopic (exact) mass is 235 g/mol. The first kappa shape index (κ1) is 19.5. The van der Waals surface area contributed by atoms with Crippen LogP contribution < -0.4 is 6.15 Å². The predicted molar refractivity (Wildman–Crippen MR) is 48.8 cm³/mol. The molecule has 0 saturated carbocycles. The minimum atomic E-state index is -4.59. The molecule has 14 heavy (non-hydrogen) atoms. The minimum Gasteiger partial charge on any atom is -0.393 e. The second kappa shape index (κ2) is 8.27. The highest BCUT2D eigenvalue weighted by molar-refractivity contribution is 7.46. The van der Waals surface area contributed by atoms with E-state index in [0.29, 0.717) is 6.42 Å². The first-order valence-corrected chi connectivity index (χ1v) is 4.93. The van der Waals surface area contributed by atoms with Gasteiger partial charge in [-0.15, -0.1) is 4.67 Å². The van der Waals surface area contributed by atoms with Crippen LogP contribution in [-0.2, 0) is 9.24 Å². The van der Waals surface area contributed by atoms with Gasteiger partial charge in [-0.1, -0.05) is 6.92 Å². The quantitative estimate of drug-likeness (QED) is 0.224. The Morgan fingerprint density at radius 2 is 1.71 bits per heavy atom. The van der Waals surface area contributed by atoms with Gasteiger partial charge in [0.15, 0.2) is 0 Å². The normalized spacial score (nSPS) is 14.5. The van der Waals surface area contributed by atoms with Gasteiger partial charge in [-0.2, -0.15) is 0 Å². The Morgan fingerprint density at radius 3 is 1.71 bits per heavy atom. The molecular formula is C5H18NO7P. The standard InChI is InChI=1S/C5H12O2.H3N.H3O5P/c1-3-5(2,7)4-6;;1-5-6(2,3)4/h6-7H,3-4H2,1-2H3;1H3;1H,(H2,2,3,4). The van der Waals surface area contributed by atoms with Crippen LogP contribution in [0.2, 0.25) is 0 Å². The van der Waals surface area contributed by atoms with E-state index >= 15 is 0 Å². The summed E-state index contributed by atoms with van der Waals surface area (Å²) in [5.41, 5.74) is -0.861. The van der Waals surface area contributed by atoms with Crippen LogP contribution in [0.3, 0.4) is 0 Å². The van der Waals surface area contributed by atoms with E-state index in [2.05, 4.69) is 4.67 Å². The number of hydrogen-bond donors (Lipinski definition) is 6. The van der Waals surface area contributed by atoms with Gasteiger partial charge in [0.05, 0.1) is 12.2 Å². The van der Waals surface area contributed by atoms with Gasteiger partial charge in [-0.25, -0.2) is 9.82 Å². The van der Waals surface area contributed by atoms with Crippen molar-refractivity contribution in [2.45, 2.75) is 25.9 Å². The van der Waals surface area contributed by atoms with Crippen LogP contribution in [0.25, 0.3) is 0 Å². The molecule has 0 rings (SSSR count). The maximum absolute atomic E-state index is 9.22. The van der Waals surface area contributed by atoms with E-state index in [4.69, 9.17) is 25.3 Å². The molecule has 0 amide bonds. The van der Waals surface area contributed by atoms with E-state index in [0.717, 1.165) is 0 Å². The van der Waals surface area contributed by atoms with Crippen molar-refractivity contribution in [1.82, 2.24) is 6.15 Å². The Hall–Kier alpha value is -0.0500. The maximum Gasteiger partial charge on any atom is 0.496 e. The molecule has 0 spiro atoms. The number of phosphoric acid groups is 1. The Bertz CT molecular complexity index is 161. The van der Waals surface area contributed by atoms with Gasteiger partial charge in [0.25, 0.3) is 0 Å². The minimum absolute atomic E-state index is 0. The van der Waals surface area contributed by atoms with E-state index in [1.165, 1.54) is 0 Å². The maximum atomic E-state index is 9.22. The fourth-order valence-electron chi connectivity index (χ4n) is 0.112. The first-order valence-electron chi connectivity index (χ1n) is 3.40. The lowest BCUT2D eigenvalue weighted by Crippen LogP contribution is -2.27. The molecule has 0 aliphatic rings. The number of hydrogen-bond acceptors (Lipinski definition) is 6. The molecule has 0 saturated heterocycles. The molecule has 0 radical (unpaired) electrons. The SMILES string of the molecule is CCC(C)(O)CO.N.O=P(O)(O)OO. The summed E-state index contributed by atoms with van der Waals surface area (Å²) in [6, 6.07) is 0. The van der Waals surface area contributed by atoms with Crippen LogP contribution in [0.5, 0.6) is 0 Å². The van der Waals surface area contributed by atoms with Gasteiger partial charge in [0, 0.05) is 0 Å².